The molecule has 0 aliphatic rings. The summed E-state index contributed by atoms with van der Waals surface area (Å²) in [6.07, 6.45) is 0. The van der Waals surface area contributed by atoms with E-state index in [0.29, 0.717) is 10.8 Å². The van der Waals surface area contributed by atoms with Crippen LogP contribution in [0.4, 0.5) is 11.4 Å². The number of hydrogen-bond acceptors (Lipinski definition) is 6. The van der Waals surface area contributed by atoms with Crippen molar-refractivity contribution in [3.63, 3.8) is 0 Å². The third-order valence-electron chi connectivity index (χ3n) is 3.86. The Hall–Kier alpha value is -3.55. The second kappa shape index (κ2) is 4.23. The Labute approximate surface area is 126 Å². The molecule has 112 valence electrons. The summed E-state index contributed by atoms with van der Waals surface area (Å²) in [5.74, 6) is 0. The zero-order valence-corrected chi connectivity index (χ0v) is 11.3. The van der Waals surface area contributed by atoms with E-state index in [1.807, 2.05) is 0 Å². The van der Waals surface area contributed by atoms with Gasteiger partial charge < -0.3 is 4.42 Å². The van der Waals surface area contributed by atoms with Crippen molar-refractivity contribution in [3.05, 3.63) is 67.0 Å². The molecule has 0 aliphatic carbocycles. The predicted octanol–water partition coefficient (Wildman–Crippen LogP) is 3.35. The molecule has 0 unspecified atom stereocenters. The lowest BCUT2D eigenvalue weighted by atomic mass is 9.96. The van der Waals surface area contributed by atoms with E-state index in [-0.39, 0.29) is 21.7 Å². The summed E-state index contributed by atoms with van der Waals surface area (Å²) in [4.78, 5) is 33.3. The first kappa shape index (κ1) is 13.1. The SMILES string of the molecule is O=c1oc2cccc3ccc4c([N+](=O)[O-])cc([N+](=O)[O-])c1c4c32. The van der Waals surface area contributed by atoms with Gasteiger partial charge in [0.15, 0.2) is 0 Å². The van der Waals surface area contributed by atoms with Gasteiger partial charge in [-0.3, -0.25) is 20.2 Å². The Morgan fingerprint density at radius 3 is 2.30 bits per heavy atom. The summed E-state index contributed by atoms with van der Waals surface area (Å²) in [5.41, 5.74) is -1.69. The van der Waals surface area contributed by atoms with Gasteiger partial charge in [-0.2, -0.15) is 0 Å². The van der Waals surface area contributed by atoms with Gasteiger partial charge in [0, 0.05) is 10.8 Å². The van der Waals surface area contributed by atoms with Crippen LogP contribution in [0, 0.1) is 20.2 Å². The fraction of sp³-hybridized carbons (Fsp3) is 0. The van der Waals surface area contributed by atoms with Crippen molar-refractivity contribution in [3.8, 4) is 0 Å². The highest BCUT2D eigenvalue weighted by Gasteiger charge is 2.28. The van der Waals surface area contributed by atoms with Crippen LogP contribution < -0.4 is 5.63 Å². The van der Waals surface area contributed by atoms with E-state index < -0.39 is 26.8 Å². The predicted molar refractivity (Wildman–Crippen MR) is 82.0 cm³/mol. The zero-order valence-electron chi connectivity index (χ0n) is 11.3. The lowest BCUT2D eigenvalue weighted by Crippen LogP contribution is -2.06. The molecule has 3 aromatic carbocycles. The molecule has 1 heterocycles. The van der Waals surface area contributed by atoms with Crippen LogP contribution in [0.25, 0.3) is 32.5 Å². The molecule has 1 aromatic heterocycles. The first-order valence-corrected chi connectivity index (χ1v) is 6.52. The summed E-state index contributed by atoms with van der Waals surface area (Å²) in [7, 11) is 0. The second-order valence-electron chi connectivity index (χ2n) is 5.04. The Kier molecular flexibility index (Phi) is 2.42. The highest BCUT2D eigenvalue weighted by Crippen LogP contribution is 2.40. The van der Waals surface area contributed by atoms with Crippen LogP contribution in [-0.4, -0.2) is 9.85 Å². The molecule has 0 atom stereocenters. The van der Waals surface area contributed by atoms with Crippen LogP contribution in [0.15, 0.2) is 45.6 Å². The minimum absolute atomic E-state index is 0.173. The Morgan fingerprint density at radius 2 is 1.61 bits per heavy atom. The van der Waals surface area contributed by atoms with Gasteiger partial charge in [-0.15, -0.1) is 0 Å². The largest absolute Gasteiger partial charge is 0.422 e. The normalized spacial score (nSPS) is 11.5. The van der Waals surface area contributed by atoms with Crippen LogP contribution in [-0.2, 0) is 0 Å². The molecule has 23 heavy (non-hydrogen) atoms. The highest BCUT2D eigenvalue weighted by atomic mass is 16.6. The lowest BCUT2D eigenvalue weighted by Gasteiger charge is -2.09. The van der Waals surface area contributed by atoms with Crippen molar-refractivity contribution in [2.75, 3.05) is 0 Å². The highest BCUT2D eigenvalue weighted by molar-refractivity contribution is 6.24. The van der Waals surface area contributed by atoms with Crippen molar-refractivity contribution in [1.82, 2.24) is 0 Å². The number of hydrogen-bond donors (Lipinski definition) is 0. The lowest BCUT2D eigenvalue weighted by molar-refractivity contribution is -0.392. The van der Waals surface area contributed by atoms with E-state index in [2.05, 4.69) is 0 Å². The minimum atomic E-state index is -0.886. The molecule has 8 nitrogen and oxygen atoms in total. The smallest absolute Gasteiger partial charge is 0.351 e. The van der Waals surface area contributed by atoms with Crippen molar-refractivity contribution in [2.24, 2.45) is 0 Å². The Balaban J connectivity index is 2.46. The fourth-order valence-corrected chi connectivity index (χ4v) is 2.96. The molecule has 0 spiro atoms. The van der Waals surface area contributed by atoms with E-state index in [1.165, 1.54) is 6.07 Å². The maximum Gasteiger partial charge on any atom is 0.351 e. The fourth-order valence-electron chi connectivity index (χ4n) is 2.96. The van der Waals surface area contributed by atoms with Gasteiger partial charge in [-0.25, -0.2) is 4.79 Å². The zero-order chi connectivity index (χ0) is 16.3. The molecule has 4 aromatic rings. The van der Waals surface area contributed by atoms with Gasteiger partial charge in [-0.1, -0.05) is 18.2 Å². The van der Waals surface area contributed by atoms with Crippen LogP contribution in [0.5, 0.6) is 0 Å². The van der Waals surface area contributed by atoms with Gasteiger partial charge in [-0.05, 0) is 17.5 Å². The maximum atomic E-state index is 12.2. The average Bonchev–Trinajstić information content (AvgIpc) is 2.52. The summed E-state index contributed by atoms with van der Waals surface area (Å²) < 4.78 is 5.17. The molecule has 4 rings (SSSR count). The van der Waals surface area contributed by atoms with Gasteiger partial charge >= 0.3 is 5.63 Å². The van der Waals surface area contributed by atoms with E-state index in [9.17, 15) is 25.0 Å². The van der Waals surface area contributed by atoms with E-state index >= 15 is 0 Å². The van der Waals surface area contributed by atoms with E-state index in [0.717, 1.165) is 6.07 Å². The van der Waals surface area contributed by atoms with Crippen LogP contribution >= 0.6 is 0 Å². The summed E-state index contributed by atoms with van der Waals surface area (Å²) >= 11 is 0. The topological polar surface area (TPSA) is 116 Å². The molecule has 0 saturated heterocycles. The number of nitro benzene ring substituents is 2. The molecule has 0 radical (unpaired) electrons. The number of nitro groups is 2. The van der Waals surface area contributed by atoms with Crippen LogP contribution in [0.2, 0.25) is 0 Å². The third-order valence-corrected chi connectivity index (χ3v) is 3.86. The minimum Gasteiger partial charge on any atom is -0.422 e. The maximum absolute atomic E-state index is 12.2. The summed E-state index contributed by atoms with van der Waals surface area (Å²) in [6, 6.07) is 8.92. The number of benzene rings is 3. The first-order chi connectivity index (χ1) is 11.0. The second-order valence-corrected chi connectivity index (χ2v) is 5.04. The Bertz CT molecular complexity index is 1190. The standard InChI is InChI=1S/C15H6N2O6/c18-15-14-10(17(21)22)6-9(16(19)20)8-5-4-7-2-1-3-11(23-15)12(7)13(8)14/h1-6H. The molecule has 8 heteroatoms. The van der Waals surface area contributed by atoms with Gasteiger partial charge in [0.1, 0.15) is 11.0 Å². The van der Waals surface area contributed by atoms with Gasteiger partial charge in [0.2, 0.25) is 0 Å². The van der Waals surface area contributed by atoms with Crippen molar-refractivity contribution < 1.29 is 14.3 Å². The Morgan fingerprint density at radius 1 is 0.870 bits per heavy atom. The van der Waals surface area contributed by atoms with Crippen molar-refractivity contribution in [1.29, 1.82) is 0 Å². The molecular formula is C15H6N2O6. The quantitative estimate of drug-likeness (QED) is 0.242. The monoisotopic (exact) mass is 310 g/mol. The average molecular weight is 310 g/mol. The molecule has 0 saturated carbocycles. The molecule has 0 amide bonds. The molecule has 0 aliphatic heterocycles. The van der Waals surface area contributed by atoms with Crippen molar-refractivity contribution >= 4 is 43.9 Å². The van der Waals surface area contributed by atoms with Crippen molar-refractivity contribution in [2.45, 2.75) is 0 Å². The number of rotatable bonds is 2. The van der Waals surface area contributed by atoms with Gasteiger partial charge in [0.05, 0.1) is 21.3 Å². The molecule has 0 N–H and O–H groups in total. The van der Waals surface area contributed by atoms with Crippen LogP contribution in [0.1, 0.15) is 0 Å². The molecular weight excluding hydrogens is 304 g/mol. The third kappa shape index (κ3) is 1.62. The van der Waals surface area contributed by atoms with E-state index in [4.69, 9.17) is 4.42 Å². The summed E-state index contributed by atoms with van der Waals surface area (Å²) in [5, 5.41) is 23.8. The number of nitrogens with zero attached hydrogens (tertiary/aromatic N) is 2. The number of non-ortho nitro benzene ring substituents is 2. The molecule has 0 bridgehead atoms. The summed E-state index contributed by atoms with van der Waals surface area (Å²) in [6.45, 7) is 0. The van der Waals surface area contributed by atoms with E-state index in [1.54, 1.807) is 24.3 Å². The first-order valence-electron chi connectivity index (χ1n) is 6.52. The van der Waals surface area contributed by atoms with Crippen LogP contribution in [0.3, 0.4) is 0 Å². The van der Waals surface area contributed by atoms with Gasteiger partial charge in [0.25, 0.3) is 11.4 Å². The molecule has 0 fully saturated rings.